The number of hydrogen-bond acceptors (Lipinski definition) is 2. The van der Waals surface area contributed by atoms with E-state index in [0.29, 0.717) is 0 Å². The Morgan fingerprint density at radius 2 is 2.00 bits per heavy atom. The molecular formula is C12H22N2O. The van der Waals surface area contributed by atoms with Crippen molar-refractivity contribution in [1.82, 2.24) is 10.6 Å². The lowest BCUT2D eigenvalue weighted by Gasteiger charge is -2.30. The molecule has 1 heterocycles. The Morgan fingerprint density at radius 3 is 2.60 bits per heavy atom. The number of nitrogens with one attached hydrogen (secondary N) is 2. The molecule has 2 aliphatic rings. The fourth-order valence-corrected chi connectivity index (χ4v) is 2.74. The largest absolute Gasteiger partial charge is 0.350 e. The van der Waals surface area contributed by atoms with E-state index < -0.39 is 0 Å². The summed E-state index contributed by atoms with van der Waals surface area (Å²) in [5.74, 6) is 0.221. The van der Waals surface area contributed by atoms with Crippen LogP contribution in [-0.2, 0) is 4.79 Å². The van der Waals surface area contributed by atoms with E-state index >= 15 is 0 Å². The minimum absolute atomic E-state index is 0.0659. The summed E-state index contributed by atoms with van der Waals surface area (Å²) in [5, 5.41) is 6.52. The van der Waals surface area contributed by atoms with Crippen molar-refractivity contribution in [1.29, 1.82) is 0 Å². The van der Waals surface area contributed by atoms with E-state index in [2.05, 4.69) is 17.6 Å². The molecule has 3 heteroatoms. The van der Waals surface area contributed by atoms with Crippen LogP contribution in [0.25, 0.3) is 0 Å². The molecule has 0 aromatic rings. The van der Waals surface area contributed by atoms with Crippen LogP contribution < -0.4 is 10.6 Å². The molecule has 0 unspecified atom stereocenters. The highest BCUT2D eigenvalue weighted by Gasteiger charge is 2.32. The maximum absolute atomic E-state index is 12.0. The Labute approximate surface area is 92.0 Å². The summed E-state index contributed by atoms with van der Waals surface area (Å²) in [6.07, 6.45) is 8.20. The lowest BCUT2D eigenvalue weighted by molar-refractivity contribution is -0.125. The molecule has 0 radical (unpaired) electrons. The molecule has 3 nitrogen and oxygen atoms in total. The van der Waals surface area contributed by atoms with Crippen LogP contribution in [0.2, 0.25) is 0 Å². The van der Waals surface area contributed by atoms with Gasteiger partial charge in [-0.1, -0.05) is 19.3 Å². The summed E-state index contributed by atoms with van der Waals surface area (Å²) < 4.78 is 0. The number of amides is 1. The summed E-state index contributed by atoms with van der Waals surface area (Å²) in [6.45, 7) is 3.18. The zero-order valence-electron chi connectivity index (χ0n) is 9.64. The van der Waals surface area contributed by atoms with Crippen molar-refractivity contribution in [3.63, 3.8) is 0 Å². The van der Waals surface area contributed by atoms with Crippen molar-refractivity contribution in [2.75, 3.05) is 6.54 Å². The average molecular weight is 210 g/mol. The molecule has 0 bridgehead atoms. The number of carbonyl (C=O) groups excluding carboxylic acids is 1. The summed E-state index contributed by atoms with van der Waals surface area (Å²) in [4.78, 5) is 12.0. The molecule has 1 amide bonds. The predicted molar refractivity (Wildman–Crippen MR) is 60.7 cm³/mol. The quantitative estimate of drug-likeness (QED) is 0.726. The second-order valence-corrected chi connectivity index (χ2v) is 5.26. The van der Waals surface area contributed by atoms with Crippen LogP contribution >= 0.6 is 0 Å². The third kappa shape index (κ3) is 2.71. The predicted octanol–water partition coefficient (Wildman–Crippen LogP) is 1.58. The van der Waals surface area contributed by atoms with Gasteiger partial charge in [0, 0.05) is 5.54 Å². The van der Waals surface area contributed by atoms with E-state index in [9.17, 15) is 4.79 Å². The third-order valence-corrected chi connectivity index (χ3v) is 3.76. The number of rotatable bonds is 2. The van der Waals surface area contributed by atoms with Crippen molar-refractivity contribution < 1.29 is 4.79 Å². The average Bonchev–Trinajstić information content (AvgIpc) is 2.66. The van der Waals surface area contributed by atoms with E-state index in [4.69, 9.17) is 0 Å². The summed E-state index contributed by atoms with van der Waals surface area (Å²) in [7, 11) is 0. The number of hydrogen-bond donors (Lipinski definition) is 2. The van der Waals surface area contributed by atoms with Crippen molar-refractivity contribution in [3.8, 4) is 0 Å². The first kappa shape index (κ1) is 10.9. The SMILES string of the molecule is CC1(NC(=O)[C@H]2CCCCN2)CCCC1. The molecule has 0 aromatic heterocycles. The second kappa shape index (κ2) is 4.52. The molecule has 0 aromatic carbocycles. The van der Waals surface area contributed by atoms with Crippen LogP contribution in [0.15, 0.2) is 0 Å². The van der Waals surface area contributed by atoms with Gasteiger partial charge in [0.15, 0.2) is 0 Å². The van der Waals surface area contributed by atoms with E-state index in [1.807, 2.05) is 0 Å². The first-order chi connectivity index (χ1) is 7.20. The molecule has 0 spiro atoms. The first-order valence-electron chi connectivity index (χ1n) is 6.25. The van der Waals surface area contributed by atoms with E-state index in [-0.39, 0.29) is 17.5 Å². The second-order valence-electron chi connectivity index (χ2n) is 5.26. The van der Waals surface area contributed by atoms with Gasteiger partial charge in [0.25, 0.3) is 0 Å². The van der Waals surface area contributed by atoms with Gasteiger partial charge in [-0.05, 0) is 39.2 Å². The molecule has 1 aliphatic heterocycles. The Bertz CT molecular complexity index is 228. The van der Waals surface area contributed by atoms with Gasteiger partial charge >= 0.3 is 0 Å². The molecular weight excluding hydrogens is 188 g/mol. The minimum atomic E-state index is 0.0659. The molecule has 2 fully saturated rings. The van der Waals surface area contributed by atoms with Crippen LogP contribution in [0.5, 0.6) is 0 Å². The fraction of sp³-hybridized carbons (Fsp3) is 0.917. The highest BCUT2D eigenvalue weighted by Crippen LogP contribution is 2.29. The Morgan fingerprint density at radius 1 is 1.27 bits per heavy atom. The number of carbonyl (C=O) groups is 1. The van der Waals surface area contributed by atoms with Gasteiger partial charge in [-0.3, -0.25) is 4.79 Å². The monoisotopic (exact) mass is 210 g/mol. The van der Waals surface area contributed by atoms with Gasteiger partial charge in [-0.15, -0.1) is 0 Å². The van der Waals surface area contributed by atoms with Crippen molar-refractivity contribution in [2.24, 2.45) is 0 Å². The molecule has 1 saturated heterocycles. The van der Waals surface area contributed by atoms with E-state index in [0.717, 1.165) is 25.8 Å². The topological polar surface area (TPSA) is 41.1 Å². The highest BCUT2D eigenvalue weighted by molar-refractivity contribution is 5.82. The molecule has 2 N–H and O–H groups in total. The molecule has 1 atom stereocenters. The van der Waals surface area contributed by atoms with Crippen LogP contribution in [-0.4, -0.2) is 24.0 Å². The smallest absolute Gasteiger partial charge is 0.237 e. The van der Waals surface area contributed by atoms with Crippen LogP contribution in [0.4, 0.5) is 0 Å². The van der Waals surface area contributed by atoms with Crippen LogP contribution in [0.1, 0.15) is 51.9 Å². The maximum Gasteiger partial charge on any atom is 0.237 e. The highest BCUT2D eigenvalue weighted by atomic mass is 16.2. The summed E-state index contributed by atoms with van der Waals surface area (Å²) >= 11 is 0. The first-order valence-corrected chi connectivity index (χ1v) is 6.25. The summed E-state index contributed by atoms with van der Waals surface area (Å²) in [5.41, 5.74) is 0.0796. The fourth-order valence-electron chi connectivity index (χ4n) is 2.74. The Kier molecular flexibility index (Phi) is 3.29. The van der Waals surface area contributed by atoms with E-state index in [1.165, 1.54) is 25.7 Å². The molecule has 1 saturated carbocycles. The molecule has 15 heavy (non-hydrogen) atoms. The van der Waals surface area contributed by atoms with Gasteiger partial charge in [0.05, 0.1) is 6.04 Å². The van der Waals surface area contributed by atoms with Gasteiger partial charge in [0.2, 0.25) is 5.91 Å². The van der Waals surface area contributed by atoms with E-state index in [1.54, 1.807) is 0 Å². The minimum Gasteiger partial charge on any atom is -0.350 e. The molecule has 1 aliphatic carbocycles. The van der Waals surface area contributed by atoms with Gasteiger partial charge in [-0.25, -0.2) is 0 Å². The Balaban J connectivity index is 1.85. The van der Waals surface area contributed by atoms with Crippen molar-refractivity contribution in [3.05, 3.63) is 0 Å². The Hall–Kier alpha value is -0.570. The molecule has 86 valence electrons. The van der Waals surface area contributed by atoms with Crippen molar-refractivity contribution in [2.45, 2.75) is 63.5 Å². The van der Waals surface area contributed by atoms with Crippen LogP contribution in [0.3, 0.4) is 0 Å². The molecule has 2 rings (SSSR count). The zero-order valence-corrected chi connectivity index (χ0v) is 9.64. The van der Waals surface area contributed by atoms with Gasteiger partial charge in [0.1, 0.15) is 0 Å². The van der Waals surface area contributed by atoms with Gasteiger partial charge < -0.3 is 10.6 Å². The zero-order chi connectivity index (χ0) is 10.7. The third-order valence-electron chi connectivity index (χ3n) is 3.76. The number of piperidine rings is 1. The van der Waals surface area contributed by atoms with Gasteiger partial charge in [-0.2, -0.15) is 0 Å². The van der Waals surface area contributed by atoms with Crippen LogP contribution in [0, 0.1) is 0 Å². The normalized spacial score (nSPS) is 30.1. The lowest BCUT2D eigenvalue weighted by Crippen LogP contribution is -2.53. The lowest BCUT2D eigenvalue weighted by atomic mass is 9.98. The maximum atomic E-state index is 12.0. The summed E-state index contributed by atoms with van der Waals surface area (Å²) in [6, 6.07) is 0.0659. The standard InChI is InChI=1S/C12H22N2O/c1-12(7-3-4-8-12)14-11(15)10-6-2-5-9-13-10/h10,13H,2-9H2,1H3,(H,14,15)/t10-/m1/s1. The van der Waals surface area contributed by atoms with Crippen molar-refractivity contribution >= 4 is 5.91 Å².